The van der Waals surface area contributed by atoms with E-state index < -0.39 is 0 Å². The van der Waals surface area contributed by atoms with Crippen LogP contribution in [0, 0.1) is 0 Å². The first-order valence-electron chi connectivity index (χ1n) is 5.69. The van der Waals surface area contributed by atoms with E-state index >= 15 is 0 Å². The van der Waals surface area contributed by atoms with Crippen LogP contribution in [0.4, 0.5) is 5.69 Å². The van der Waals surface area contributed by atoms with Crippen molar-refractivity contribution in [3.8, 4) is 0 Å². The molecule has 15 heavy (non-hydrogen) atoms. The minimum atomic E-state index is 0.221. The van der Waals surface area contributed by atoms with Crippen molar-refractivity contribution in [2.24, 2.45) is 0 Å². The van der Waals surface area contributed by atoms with Crippen LogP contribution in [0.15, 0.2) is 24.3 Å². The molecule has 1 aromatic carbocycles. The number of unbranched alkanes of at least 4 members (excludes halogenated alkanes) is 1. The molecule has 0 saturated heterocycles. The Hall–Kier alpha value is -1.02. The molecular formula is C13H21NO. The zero-order valence-corrected chi connectivity index (χ0v) is 9.74. The summed E-state index contributed by atoms with van der Waals surface area (Å²) in [5, 5.41) is 8.98. The lowest BCUT2D eigenvalue weighted by Gasteiger charge is -2.22. The fraction of sp³-hybridized carbons (Fsp3) is 0.538. The van der Waals surface area contributed by atoms with E-state index in [1.165, 1.54) is 24.1 Å². The number of nitrogens with zero attached hydrogens (tertiary/aromatic N) is 1. The quantitative estimate of drug-likeness (QED) is 0.774. The van der Waals surface area contributed by atoms with Crippen LogP contribution in [-0.4, -0.2) is 25.3 Å². The molecule has 2 heteroatoms. The van der Waals surface area contributed by atoms with Crippen molar-refractivity contribution in [3.05, 3.63) is 29.8 Å². The van der Waals surface area contributed by atoms with Crippen molar-refractivity contribution in [2.45, 2.75) is 26.2 Å². The number of benzene rings is 1. The maximum Gasteiger partial charge on any atom is 0.0472 e. The number of hydrogen-bond donors (Lipinski definition) is 1. The number of rotatable bonds is 6. The molecule has 0 aliphatic carbocycles. The van der Waals surface area contributed by atoms with Gasteiger partial charge in [-0.15, -0.1) is 0 Å². The lowest BCUT2D eigenvalue weighted by atomic mass is 10.1. The third kappa shape index (κ3) is 3.56. The smallest absolute Gasteiger partial charge is 0.0472 e. The molecule has 0 spiro atoms. The van der Waals surface area contributed by atoms with Gasteiger partial charge in [0, 0.05) is 25.9 Å². The summed E-state index contributed by atoms with van der Waals surface area (Å²) < 4.78 is 0. The van der Waals surface area contributed by atoms with Crippen LogP contribution >= 0.6 is 0 Å². The van der Waals surface area contributed by atoms with Crippen LogP contribution < -0.4 is 4.90 Å². The van der Waals surface area contributed by atoms with E-state index in [1.54, 1.807) is 0 Å². The van der Waals surface area contributed by atoms with Crippen molar-refractivity contribution in [3.63, 3.8) is 0 Å². The molecule has 0 aromatic heterocycles. The van der Waals surface area contributed by atoms with Crippen LogP contribution in [0.5, 0.6) is 0 Å². The highest BCUT2D eigenvalue weighted by molar-refractivity contribution is 5.53. The van der Waals surface area contributed by atoms with Crippen LogP contribution in [-0.2, 0) is 6.42 Å². The summed E-state index contributed by atoms with van der Waals surface area (Å²) >= 11 is 0. The highest BCUT2D eigenvalue weighted by Crippen LogP contribution is 2.19. The van der Waals surface area contributed by atoms with E-state index in [9.17, 15) is 0 Å². The molecule has 2 nitrogen and oxygen atoms in total. The lowest BCUT2D eigenvalue weighted by Crippen LogP contribution is -2.19. The molecule has 0 aliphatic rings. The maximum atomic E-state index is 8.98. The summed E-state index contributed by atoms with van der Waals surface area (Å²) in [6.07, 6.45) is 3.17. The summed E-state index contributed by atoms with van der Waals surface area (Å²) in [7, 11) is 2.12. The van der Waals surface area contributed by atoms with Crippen molar-refractivity contribution < 1.29 is 5.11 Å². The van der Waals surface area contributed by atoms with E-state index in [0.29, 0.717) is 0 Å². The highest BCUT2D eigenvalue weighted by atomic mass is 16.2. The fourth-order valence-corrected chi connectivity index (χ4v) is 1.73. The van der Waals surface area contributed by atoms with Crippen molar-refractivity contribution in [1.82, 2.24) is 0 Å². The molecule has 0 heterocycles. The Morgan fingerprint density at radius 1 is 1.27 bits per heavy atom. The standard InChI is InChI=1S/C13H21NO/c1-3-4-10-14(2)13-8-6-5-7-12(13)9-11-15/h5-8,15H,3-4,9-11H2,1-2H3. The predicted molar refractivity (Wildman–Crippen MR) is 65.4 cm³/mol. The molecule has 0 bridgehead atoms. The SMILES string of the molecule is CCCCN(C)c1ccccc1CCO. The summed E-state index contributed by atoms with van der Waals surface area (Å²) in [5.41, 5.74) is 2.48. The van der Waals surface area contributed by atoms with Gasteiger partial charge in [-0.1, -0.05) is 31.5 Å². The Morgan fingerprint density at radius 3 is 2.67 bits per heavy atom. The van der Waals surface area contributed by atoms with Crippen LogP contribution in [0.25, 0.3) is 0 Å². The van der Waals surface area contributed by atoms with Crippen molar-refractivity contribution in [2.75, 3.05) is 25.1 Å². The first-order chi connectivity index (χ1) is 7.29. The van der Waals surface area contributed by atoms with Crippen LogP contribution in [0.2, 0.25) is 0 Å². The molecule has 0 fully saturated rings. The average Bonchev–Trinajstić information content (AvgIpc) is 2.27. The number of para-hydroxylation sites is 1. The monoisotopic (exact) mass is 207 g/mol. The first-order valence-corrected chi connectivity index (χ1v) is 5.69. The van der Waals surface area contributed by atoms with Gasteiger partial charge < -0.3 is 10.0 Å². The third-order valence-corrected chi connectivity index (χ3v) is 2.63. The molecule has 0 saturated carbocycles. The Labute approximate surface area is 92.5 Å². The zero-order chi connectivity index (χ0) is 11.1. The van der Waals surface area contributed by atoms with E-state index in [-0.39, 0.29) is 6.61 Å². The Bertz CT molecular complexity index is 286. The zero-order valence-electron chi connectivity index (χ0n) is 9.74. The minimum Gasteiger partial charge on any atom is -0.396 e. The molecule has 1 rings (SSSR count). The summed E-state index contributed by atoms with van der Waals surface area (Å²) in [4.78, 5) is 2.27. The largest absolute Gasteiger partial charge is 0.396 e. The van der Waals surface area contributed by atoms with E-state index in [4.69, 9.17) is 5.11 Å². The minimum absolute atomic E-state index is 0.221. The molecule has 84 valence electrons. The summed E-state index contributed by atoms with van der Waals surface area (Å²) in [6, 6.07) is 8.30. The second kappa shape index (κ2) is 6.46. The Kier molecular flexibility index (Phi) is 5.19. The highest BCUT2D eigenvalue weighted by Gasteiger charge is 2.05. The first kappa shape index (κ1) is 12.1. The van der Waals surface area contributed by atoms with Gasteiger partial charge in [0.1, 0.15) is 0 Å². The van der Waals surface area contributed by atoms with Crippen LogP contribution in [0.3, 0.4) is 0 Å². The van der Waals surface area contributed by atoms with Gasteiger partial charge in [0.2, 0.25) is 0 Å². The predicted octanol–water partition coefficient (Wildman–Crippen LogP) is 2.46. The Balaban J connectivity index is 2.72. The van der Waals surface area contributed by atoms with Gasteiger partial charge in [0.25, 0.3) is 0 Å². The van der Waals surface area contributed by atoms with Gasteiger partial charge in [0.05, 0.1) is 0 Å². The Morgan fingerprint density at radius 2 is 2.00 bits per heavy atom. The maximum absolute atomic E-state index is 8.98. The summed E-state index contributed by atoms with van der Waals surface area (Å²) in [6.45, 7) is 3.51. The van der Waals surface area contributed by atoms with Gasteiger partial charge in [-0.25, -0.2) is 0 Å². The molecule has 0 radical (unpaired) electrons. The topological polar surface area (TPSA) is 23.5 Å². The lowest BCUT2D eigenvalue weighted by molar-refractivity contribution is 0.299. The number of aliphatic hydroxyl groups is 1. The molecule has 0 unspecified atom stereocenters. The molecule has 1 aromatic rings. The molecule has 1 N–H and O–H groups in total. The number of hydrogen-bond acceptors (Lipinski definition) is 2. The number of aliphatic hydroxyl groups excluding tert-OH is 1. The molecular weight excluding hydrogens is 186 g/mol. The second-order valence-electron chi connectivity index (χ2n) is 3.88. The van der Waals surface area contributed by atoms with E-state index in [0.717, 1.165) is 13.0 Å². The van der Waals surface area contributed by atoms with Crippen LogP contribution in [0.1, 0.15) is 25.3 Å². The van der Waals surface area contributed by atoms with Crippen molar-refractivity contribution >= 4 is 5.69 Å². The second-order valence-corrected chi connectivity index (χ2v) is 3.88. The van der Waals surface area contributed by atoms with Gasteiger partial charge in [-0.2, -0.15) is 0 Å². The van der Waals surface area contributed by atoms with Gasteiger partial charge in [0.15, 0.2) is 0 Å². The van der Waals surface area contributed by atoms with E-state index in [2.05, 4.69) is 37.1 Å². The fourth-order valence-electron chi connectivity index (χ4n) is 1.73. The van der Waals surface area contributed by atoms with Gasteiger partial charge in [-0.05, 0) is 24.5 Å². The van der Waals surface area contributed by atoms with Gasteiger partial charge >= 0.3 is 0 Å². The third-order valence-electron chi connectivity index (χ3n) is 2.63. The summed E-state index contributed by atoms with van der Waals surface area (Å²) in [5.74, 6) is 0. The van der Waals surface area contributed by atoms with E-state index in [1.807, 2.05) is 6.07 Å². The average molecular weight is 207 g/mol. The van der Waals surface area contributed by atoms with Crippen molar-refractivity contribution in [1.29, 1.82) is 0 Å². The van der Waals surface area contributed by atoms with Gasteiger partial charge in [-0.3, -0.25) is 0 Å². The molecule has 0 atom stereocenters. The molecule has 0 aliphatic heterocycles. The number of anilines is 1. The molecule has 0 amide bonds. The normalized spacial score (nSPS) is 10.3.